The van der Waals surface area contributed by atoms with E-state index in [2.05, 4.69) is 12.2 Å². The van der Waals surface area contributed by atoms with Crippen LogP contribution in [0.4, 0.5) is 0 Å². The molecular weight excluding hydrogens is 214 g/mol. The number of hydrogen-bond acceptors (Lipinski definition) is 3. The Labute approximate surface area is 107 Å². The maximum absolute atomic E-state index is 5.55. The van der Waals surface area contributed by atoms with Crippen LogP contribution < -0.4 is 5.32 Å². The summed E-state index contributed by atoms with van der Waals surface area (Å²) < 4.78 is 10.5. The highest BCUT2D eigenvalue weighted by molar-refractivity contribution is 4.47. The van der Waals surface area contributed by atoms with Gasteiger partial charge in [0.15, 0.2) is 0 Å². The molecule has 0 atom stereocenters. The topological polar surface area (TPSA) is 30.5 Å². The molecule has 104 valence electrons. The smallest absolute Gasteiger partial charge is 0.0590 e. The Morgan fingerprint density at radius 3 is 2.29 bits per heavy atom. The van der Waals surface area contributed by atoms with Crippen molar-refractivity contribution < 1.29 is 9.47 Å². The lowest BCUT2D eigenvalue weighted by Gasteiger charge is -2.06. The fraction of sp³-hybridized carbons (Fsp3) is 1.00. The van der Waals surface area contributed by atoms with Gasteiger partial charge in [0.25, 0.3) is 0 Å². The second kappa shape index (κ2) is 15.9. The first-order chi connectivity index (χ1) is 8.41. The molecule has 1 N–H and O–H groups in total. The van der Waals surface area contributed by atoms with Gasteiger partial charge in [0.05, 0.1) is 6.61 Å². The highest BCUT2D eigenvalue weighted by Crippen LogP contribution is 2.04. The molecule has 0 amide bonds. The van der Waals surface area contributed by atoms with E-state index in [0.29, 0.717) is 0 Å². The molecule has 0 saturated heterocycles. The maximum Gasteiger partial charge on any atom is 0.0590 e. The van der Waals surface area contributed by atoms with Crippen LogP contribution in [0.1, 0.15) is 51.9 Å². The van der Waals surface area contributed by atoms with E-state index < -0.39 is 0 Å². The van der Waals surface area contributed by atoms with Crippen LogP contribution in [0.15, 0.2) is 0 Å². The Balaban J connectivity index is 2.85. The minimum Gasteiger partial charge on any atom is -0.385 e. The van der Waals surface area contributed by atoms with E-state index in [0.717, 1.165) is 39.3 Å². The number of nitrogens with one attached hydrogen (secondary N) is 1. The fourth-order valence-corrected chi connectivity index (χ4v) is 1.70. The lowest BCUT2D eigenvalue weighted by Crippen LogP contribution is -2.21. The second-order valence-electron chi connectivity index (χ2n) is 4.48. The van der Waals surface area contributed by atoms with Crippen LogP contribution in [-0.4, -0.2) is 40.0 Å². The van der Waals surface area contributed by atoms with E-state index in [1.807, 2.05) is 0 Å². The first-order valence-electron chi connectivity index (χ1n) is 7.19. The molecule has 0 spiro atoms. The Kier molecular flexibility index (Phi) is 15.8. The highest BCUT2D eigenvalue weighted by Gasteiger charge is 1.92. The van der Waals surface area contributed by atoms with Crippen LogP contribution in [0.25, 0.3) is 0 Å². The van der Waals surface area contributed by atoms with Crippen LogP contribution in [0, 0.1) is 0 Å². The largest absolute Gasteiger partial charge is 0.385 e. The zero-order chi connectivity index (χ0) is 12.6. The van der Waals surface area contributed by atoms with Gasteiger partial charge < -0.3 is 14.8 Å². The van der Waals surface area contributed by atoms with Crippen LogP contribution in [0.2, 0.25) is 0 Å². The lowest BCUT2D eigenvalue weighted by molar-refractivity contribution is 0.130. The normalized spacial score (nSPS) is 10.9. The van der Waals surface area contributed by atoms with E-state index in [1.54, 1.807) is 7.11 Å². The van der Waals surface area contributed by atoms with Crippen molar-refractivity contribution in [3.05, 3.63) is 0 Å². The SMILES string of the molecule is CCCCCCCCOCCNCCCOC. The molecule has 3 heteroatoms. The van der Waals surface area contributed by atoms with Crippen LogP contribution in [0.5, 0.6) is 0 Å². The second-order valence-corrected chi connectivity index (χ2v) is 4.48. The molecule has 3 nitrogen and oxygen atoms in total. The van der Waals surface area contributed by atoms with E-state index in [9.17, 15) is 0 Å². The van der Waals surface area contributed by atoms with Crippen LogP contribution >= 0.6 is 0 Å². The first-order valence-corrected chi connectivity index (χ1v) is 7.19. The molecule has 17 heavy (non-hydrogen) atoms. The number of rotatable bonds is 14. The molecule has 0 unspecified atom stereocenters. The first kappa shape index (κ1) is 16.9. The zero-order valence-electron chi connectivity index (χ0n) is 11.8. The molecule has 0 heterocycles. The summed E-state index contributed by atoms with van der Waals surface area (Å²) in [5, 5.41) is 3.33. The van der Waals surface area contributed by atoms with Crippen molar-refractivity contribution in [2.24, 2.45) is 0 Å². The van der Waals surface area contributed by atoms with Gasteiger partial charge >= 0.3 is 0 Å². The molecule has 0 aliphatic carbocycles. The van der Waals surface area contributed by atoms with Crippen molar-refractivity contribution in [2.45, 2.75) is 51.9 Å². The number of methoxy groups -OCH3 is 1. The Hall–Kier alpha value is -0.120. The summed E-state index contributed by atoms with van der Waals surface area (Å²) in [7, 11) is 1.74. The van der Waals surface area contributed by atoms with E-state index in [-0.39, 0.29) is 0 Å². The van der Waals surface area contributed by atoms with Gasteiger partial charge in [-0.15, -0.1) is 0 Å². The maximum atomic E-state index is 5.55. The third-order valence-corrected chi connectivity index (χ3v) is 2.77. The molecule has 0 aliphatic heterocycles. The predicted molar refractivity (Wildman–Crippen MR) is 73.6 cm³/mol. The quantitative estimate of drug-likeness (QED) is 0.477. The third-order valence-electron chi connectivity index (χ3n) is 2.77. The van der Waals surface area contributed by atoms with Gasteiger partial charge in [-0.1, -0.05) is 39.0 Å². The van der Waals surface area contributed by atoms with E-state index in [1.165, 1.54) is 38.5 Å². The fourth-order valence-electron chi connectivity index (χ4n) is 1.70. The third kappa shape index (κ3) is 15.9. The average Bonchev–Trinajstić information content (AvgIpc) is 2.35. The van der Waals surface area contributed by atoms with Crippen LogP contribution in [-0.2, 0) is 9.47 Å². The molecule has 0 rings (SSSR count). The molecular formula is C14H31NO2. The Morgan fingerprint density at radius 1 is 0.765 bits per heavy atom. The van der Waals surface area contributed by atoms with E-state index in [4.69, 9.17) is 9.47 Å². The number of ether oxygens (including phenoxy) is 2. The molecule has 0 aliphatic rings. The van der Waals surface area contributed by atoms with Gasteiger partial charge in [0.1, 0.15) is 0 Å². The van der Waals surface area contributed by atoms with Gasteiger partial charge in [-0.05, 0) is 19.4 Å². The van der Waals surface area contributed by atoms with Gasteiger partial charge in [-0.3, -0.25) is 0 Å². The highest BCUT2D eigenvalue weighted by atomic mass is 16.5. The molecule has 0 radical (unpaired) electrons. The molecule has 0 saturated carbocycles. The van der Waals surface area contributed by atoms with Crippen molar-refractivity contribution in [1.29, 1.82) is 0 Å². The van der Waals surface area contributed by atoms with Crippen molar-refractivity contribution in [3.63, 3.8) is 0 Å². The summed E-state index contributed by atoms with van der Waals surface area (Å²) in [5.41, 5.74) is 0. The summed E-state index contributed by atoms with van der Waals surface area (Å²) in [6.45, 7) is 6.83. The van der Waals surface area contributed by atoms with E-state index >= 15 is 0 Å². The standard InChI is InChI=1S/C14H31NO2/c1-3-4-5-6-7-8-13-17-14-11-15-10-9-12-16-2/h15H,3-14H2,1-2H3. The van der Waals surface area contributed by atoms with Crippen molar-refractivity contribution in [1.82, 2.24) is 5.32 Å². The molecule has 0 aromatic rings. The van der Waals surface area contributed by atoms with Gasteiger partial charge in [-0.2, -0.15) is 0 Å². The summed E-state index contributed by atoms with van der Waals surface area (Å²) >= 11 is 0. The minimum atomic E-state index is 0.835. The summed E-state index contributed by atoms with van der Waals surface area (Å²) in [6, 6.07) is 0. The minimum absolute atomic E-state index is 0.835. The van der Waals surface area contributed by atoms with Gasteiger partial charge in [-0.25, -0.2) is 0 Å². The Bertz CT molecular complexity index is 117. The number of unbranched alkanes of at least 4 members (excludes halogenated alkanes) is 5. The van der Waals surface area contributed by atoms with Crippen LogP contribution in [0.3, 0.4) is 0 Å². The average molecular weight is 245 g/mol. The Morgan fingerprint density at radius 2 is 1.53 bits per heavy atom. The van der Waals surface area contributed by atoms with Gasteiger partial charge in [0, 0.05) is 26.9 Å². The molecule has 0 fully saturated rings. The molecule has 0 aromatic carbocycles. The zero-order valence-corrected chi connectivity index (χ0v) is 11.8. The lowest BCUT2D eigenvalue weighted by atomic mass is 10.1. The summed E-state index contributed by atoms with van der Waals surface area (Å²) in [5.74, 6) is 0. The van der Waals surface area contributed by atoms with Gasteiger partial charge in [0.2, 0.25) is 0 Å². The van der Waals surface area contributed by atoms with Crippen molar-refractivity contribution >= 4 is 0 Å². The predicted octanol–water partition coefficient (Wildman–Crippen LogP) is 2.99. The monoisotopic (exact) mass is 245 g/mol. The summed E-state index contributed by atoms with van der Waals surface area (Å²) in [6.07, 6.45) is 9.07. The molecule has 0 aromatic heterocycles. The van der Waals surface area contributed by atoms with Crippen molar-refractivity contribution in [3.8, 4) is 0 Å². The number of hydrogen-bond donors (Lipinski definition) is 1. The molecule has 0 bridgehead atoms. The summed E-state index contributed by atoms with van der Waals surface area (Å²) in [4.78, 5) is 0. The van der Waals surface area contributed by atoms with Crippen molar-refractivity contribution in [2.75, 3.05) is 40.0 Å².